The van der Waals surface area contributed by atoms with Gasteiger partial charge in [-0.1, -0.05) is 6.07 Å². The summed E-state index contributed by atoms with van der Waals surface area (Å²) >= 11 is 0. The highest BCUT2D eigenvalue weighted by Crippen LogP contribution is 2.20. The van der Waals surface area contributed by atoms with Crippen LogP contribution in [0.3, 0.4) is 0 Å². The van der Waals surface area contributed by atoms with E-state index in [-0.39, 0.29) is 22.1 Å². The predicted molar refractivity (Wildman–Crippen MR) is 87.6 cm³/mol. The smallest absolute Gasteiger partial charge is 0.358 e. The number of nitrogens with zero attached hydrogens (tertiary/aromatic N) is 2. The number of allylic oxidation sites excluding steroid dienone is 4. The average Bonchev–Trinajstić information content (AvgIpc) is 2.86. The maximum Gasteiger partial charge on any atom is 0.358 e. The number of rotatable bonds is 3. The lowest BCUT2D eigenvalue weighted by Crippen LogP contribution is -2.22. The molecule has 23 heavy (non-hydrogen) atoms. The zero-order valence-corrected chi connectivity index (χ0v) is 12.4. The first-order chi connectivity index (χ1) is 10.9. The van der Waals surface area contributed by atoms with Gasteiger partial charge in [-0.15, -0.1) is 0 Å². The first-order valence-electron chi connectivity index (χ1n) is 6.45. The predicted octanol–water partition coefficient (Wildman–Crippen LogP) is 1.43. The van der Waals surface area contributed by atoms with Gasteiger partial charge in [-0.2, -0.15) is 0 Å². The zero-order valence-electron chi connectivity index (χ0n) is 11.6. The zero-order chi connectivity index (χ0) is 16.6. The van der Waals surface area contributed by atoms with Crippen LogP contribution in [0.1, 0.15) is 10.5 Å². The summed E-state index contributed by atoms with van der Waals surface area (Å²) in [7, 11) is -3.75. The molecule has 0 bridgehead atoms. The fourth-order valence-electron chi connectivity index (χ4n) is 2.07. The molecule has 8 nitrogen and oxygen atoms in total. The van der Waals surface area contributed by atoms with Gasteiger partial charge in [0, 0.05) is 6.20 Å². The number of imidazole rings is 1. The van der Waals surface area contributed by atoms with Crippen LogP contribution in [-0.4, -0.2) is 39.8 Å². The Balaban J connectivity index is 2.17. The Kier molecular flexibility index (Phi) is 3.51. The molecule has 1 aliphatic rings. The lowest BCUT2D eigenvalue weighted by atomic mass is 10.2. The number of carboxylic acid groups (broad SMARTS) is 1. The molecule has 1 unspecified atom stereocenters. The third-order valence-electron chi connectivity index (χ3n) is 3.14. The lowest BCUT2D eigenvalue weighted by Gasteiger charge is -2.12. The number of pyridine rings is 1. The molecule has 0 fully saturated rings. The molecule has 1 atom stereocenters. The average molecular weight is 332 g/mol. The summed E-state index contributed by atoms with van der Waals surface area (Å²) in [5.41, 5.74) is 0.184. The third kappa shape index (κ3) is 2.74. The summed E-state index contributed by atoms with van der Waals surface area (Å²) < 4.78 is 26.5. The van der Waals surface area contributed by atoms with Gasteiger partial charge >= 0.3 is 5.97 Å². The monoisotopic (exact) mass is 332 g/mol. The van der Waals surface area contributed by atoms with E-state index in [0.717, 1.165) is 0 Å². The van der Waals surface area contributed by atoms with Crippen molar-refractivity contribution < 1.29 is 18.7 Å². The second-order valence-corrected chi connectivity index (χ2v) is 6.42. The highest BCUT2D eigenvalue weighted by molar-refractivity contribution is 7.99. The fourth-order valence-corrected chi connectivity index (χ4v) is 3.15. The fraction of sp³-hybridized carbons (Fsp3) is 0. The molecule has 9 heteroatoms. The second-order valence-electron chi connectivity index (χ2n) is 4.70. The SMILES string of the molecule is N=C1C=CC(=S(=O)(O)Nc2c(C(=O)O)nc3ccccn23)C=C1. The molecule has 0 saturated heterocycles. The Labute approximate surface area is 131 Å². The molecule has 4 N–H and O–H groups in total. The van der Waals surface area contributed by atoms with E-state index in [0.29, 0.717) is 5.65 Å². The minimum absolute atomic E-state index is 0.0377. The molecule has 0 amide bonds. The van der Waals surface area contributed by atoms with E-state index in [4.69, 9.17) is 5.41 Å². The molecule has 2 heterocycles. The third-order valence-corrected chi connectivity index (χ3v) is 4.52. The Morgan fingerprint density at radius 1 is 1.26 bits per heavy atom. The van der Waals surface area contributed by atoms with E-state index in [9.17, 15) is 18.7 Å². The molecule has 0 radical (unpaired) electrons. The summed E-state index contributed by atoms with van der Waals surface area (Å²) in [4.78, 5) is 15.3. The normalized spacial score (nSPS) is 16.6. The number of fused-ring (bicyclic) bond motifs is 1. The van der Waals surface area contributed by atoms with Crippen molar-refractivity contribution in [1.29, 1.82) is 5.41 Å². The van der Waals surface area contributed by atoms with Crippen molar-refractivity contribution >= 4 is 38.0 Å². The van der Waals surface area contributed by atoms with E-state index < -0.39 is 16.0 Å². The number of aromatic nitrogens is 2. The van der Waals surface area contributed by atoms with E-state index >= 15 is 0 Å². The Morgan fingerprint density at radius 2 is 1.96 bits per heavy atom. The van der Waals surface area contributed by atoms with Gasteiger partial charge in [-0.05, 0) is 36.4 Å². The number of hydrogen-bond donors (Lipinski definition) is 4. The molecular formula is C14H12N4O4S. The van der Waals surface area contributed by atoms with E-state index in [1.807, 2.05) is 0 Å². The number of nitrogens with one attached hydrogen (secondary N) is 2. The molecule has 2 aromatic rings. The first-order valence-corrected chi connectivity index (χ1v) is 7.96. The minimum atomic E-state index is -3.75. The van der Waals surface area contributed by atoms with Crippen molar-refractivity contribution in [1.82, 2.24) is 9.38 Å². The summed E-state index contributed by atoms with van der Waals surface area (Å²) in [5, 5.41) is 16.7. The van der Waals surface area contributed by atoms with Gasteiger partial charge in [-0.3, -0.25) is 13.7 Å². The van der Waals surface area contributed by atoms with Crippen LogP contribution in [0.4, 0.5) is 5.82 Å². The van der Waals surface area contributed by atoms with Crippen LogP contribution in [-0.2, 0) is 9.99 Å². The van der Waals surface area contributed by atoms with Crippen molar-refractivity contribution in [3.8, 4) is 0 Å². The van der Waals surface area contributed by atoms with E-state index in [1.54, 1.807) is 24.4 Å². The van der Waals surface area contributed by atoms with E-state index in [2.05, 4.69) is 9.71 Å². The Bertz CT molecular complexity index is 991. The quantitative estimate of drug-likeness (QED) is 0.632. The summed E-state index contributed by atoms with van der Waals surface area (Å²) in [6.07, 6.45) is 6.96. The highest BCUT2D eigenvalue weighted by Gasteiger charge is 2.21. The van der Waals surface area contributed by atoms with E-state index in [1.165, 1.54) is 28.7 Å². The topological polar surface area (TPSA) is 128 Å². The van der Waals surface area contributed by atoms with Crippen molar-refractivity contribution in [2.75, 3.05) is 4.72 Å². The number of aromatic carboxylic acids is 1. The molecule has 0 aliphatic heterocycles. The Morgan fingerprint density at radius 3 is 2.61 bits per heavy atom. The highest BCUT2D eigenvalue weighted by atomic mass is 32.2. The van der Waals surface area contributed by atoms with Gasteiger partial charge in [0.05, 0.1) is 10.6 Å². The van der Waals surface area contributed by atoms with Crippen LogP contribution in [0.25, 0.3) is 5.65 Å². The van der Waals surface area contributed by atoms with Crippen molar-refractivity contribution in [3.05, 3.63) is 54.4 Å². The van der Waals surface area contributed by atoms with Crippen molar-refractivity contribution in [2.24, 2.45) is 0 Å². The number of carbonyl (C=O) groups is 1. The van der Waals surface area contributed by atoms with Gasteiger partial charge < -0.3 is 10.5 Å². The van der Waals surface area contributed by atoms with Gasteiger partial charge in [0.25, 0.3) is 0 Å². The van der Waals surface area contributed by atoms with Crippen LogP contribution < -0.4 is 4.72 Å². The molecule has 3 rings (SSSR count). The lowest BCUT2D eigenvalue weighted by molar-refractivity contribution is 0.0692. The number of carboxylic acids is 1. The molecule has 0 spiro atoms. The van der Waals surface area contributed by atoms with Gasteiger partial charge in [0.2, 0.25) is 0 Å². The molecule has 1 aliphatic carbocycles. The molecule has 0 saturated carbocycles. The number of anilines is 1. The molecular weight excluding hydrogens is 320 g/mol. The van der Waals surface area contributed by atoms with Crippen LogP contribution >= 0.6 is 0 Å². The largest absolute Gasteiger partial charge is 0.476 e. The van der Waals surface area contributed by atoms with Crippen molar-refractivity contribution in [3.63, 3.8) is 0 Å². The van der Waals surface area contributed by atoms with Crippen LogP contribution in [0, 0.1) is 5.41 Å². The van der Waals surface area contributed by atoms with Gasteiger partial charge in [0.1, 0.15) is 5.65 Å². The maximum absolute atomic E-state index is 12.5. The minimum Gasteiger partial charge on any atom is -0.476 e. The Hall–Kier alpha value is -2.91. The molecule has 2 aromatic heterocycles. The van der Waals surface area contributed by atoms with Gasteiger partial charge in [-0.25, -0.2) is 14.0 Å². The van der Waals surface area contributed by atoms with Crippen LogP contribution in [0.15, 0.2) is 48.7 Å². The summed E-state index contributed by atoms with van der Waals surface area (Å²) in [5.74, 6) is -1.40. The standard InChI is InChI=1S/C14H12N4O4S/c15-9-4-6-10(7-5-9)23(21,22)17-13-12(14(19)20)16-11-3-1-2-8-18(11)13/h1-8,15H,(H,19,20)(H2,17,21,22). The molecule has 118 valence electrons. The van der Waals surface area contributed by atoms with Crippen LogP contribution in [0.5, 0.6) is 0 Å². The first kappa shape index (κ1) is 15.0. The second kappa shape index (κ2) is 5.38. The maximum atomic E-state index is 12.5. The van der Waals surface area contributed by atoms with Crippen molar-refractivity contribution in [2.45, 2.75) is 0 Å². The van der Waals surface area contributed by atoms with Gasteiger partial charge in [0.15, 0.2) is 21.5 Å². The van der Waals surface area contributed by atoms with Crippen LogP contribution in [0.2, 0.25) is 0 Å². The summed E-state index contributed by atoms with van der Waals surface area (Å²) in [6.45, 7) is 0. The summed E-state index contributed by atoms with van der Waals surface area (Å²) in [6, 6.07) is 4.92. The number of hydrogen-bond acceptors (Lipinski definition) is 4. The molecule has 0 aromatic carbocycles.